The maximum Gasteiger partial charge on any atom is 0.338 e. The summed E-state index contributed by atoms with van der Waals surface area (Å²) in [5.41, 5.74) is -1.40. The van der Waals surface area contributed by atoms with Gasteiger partial charge in [-0.1, -0.05) is 31.7 Å². The Labute approximate surface area is 193 Å². The molecule has 3 heterocycles. The van der Waals surface area contributed by atoms with Crippen molar-refractivity contribution in [3.05, 3.63) is 48.0 Å². The number of carbonyl (C=O) groups is 1. The van der Waals surface area contributed by atoms with E-state index in [1.165, 1.54) is 0 Å². The van der Waals surface area contributed by atoms with Gasteiger partial charge in [0.2, 0.25) is 0 Å². The van der Waals surface area contributed by atoms with Crippen LogP contribution in [0.1, 0.15) is 43.0 Å². The fourth-order valence-corrected chi connectivity index (χ4v) is 11.3. The van der Waals surface area contributed by atoms with E-state index in [-0.39, 0.29) is 35.3 Å². The average molecular weight is 450 g/mol. The van der Waals surface area contributed by atoms with Crippen LogP contribution in [0.3, 0.4) is 0 Å². The van der Waals surface area contributed by atoms with Gasteiger partial charge in [-0.3, -0.25) is 4.90 Å². The maximum absolute atomic E-state index is 13.3. The van der Waals surface area contributed by atoms with Crippen LogP contribution >= 0.6 is 0 Å². The summed E-state index contributed by atoms with van der Waals surface area (Å²) in [6, 6.07) is 9.20. The SMILES string of the molecule is C=C1C2CC3C4N5CC6(C)CC(O)C(OC(=O)c7ccccc7)C47C6C5CC3(C1O)C7(O)C2. The average Bonchev–Trinajstić information content (AvgIpc) is 3.19. The van der Waals surface area contributed by atoms with Crippen LogP contribution in [0.25, 0.3) is 0 Å². The lowest BCUT2D eigenvalue weighted by Crippen LogP contribution is -2.77. The molecule has 9 bridgehead atoms. The summed E-state index contributed by atoms with van der Waals surface area (Å²) in [6.07, 6.45) is 0.462. The molecule has 0 radical (unpaired) electrons. The molecule has 0 aromatic heterocycles. The third-order valence-electron chi connectivity index (χ3n) is 11.7. The van der Waals surface area contributed by atoms with Crippen molar-refractivity contribution in [2.75, 3.05) is 6.54 Å². The number of fused-ring (bicyclic) bond motifs is 1. The standard InChI is InChI=1S/C27H31NO5/c1-13-15-8-16-20-27-19-17(10-25(16,21(13)30)26(27,32)9-15)28(20)12-24(19,2)11-18(29)22(27)33-23(31)14-6-4-3-5-7-14/h3-7,15-22,29-30,32H,1,8-12H2,2H3. The summed E-state index contributed by atoms with van der Waals surface area (Å²) in [5.74, 6) is -0.0894. The zero-order valence-electron chi connectivity index (χ0n) is 18.9. The van der Waals surface area contributed by atoms with Gasteiger partial charge in [-0.25, -0.2) is 4.79 Å². The Morgan fingerprint density at radius 1 is 1.18 bits per heavy atom. The Bertz CT molecular complexity index is 1120. The number of piperidine rings is 2. The summed E-state index contributed by atoms with van der Waals surface area (Å²) in [6.45, 7) is 7.41. The molecule has 9 aliphatic rings. The Balaban J connectivity index is 1.34. The Kier molecular flexibility index (Phi) is 3.20. The second-order valence-corrected chi connectivity index (χ2v) is 12.5. The van der Waals surface area contributed by atoms with Gasteiger partial charge in [0.25, 0.3) is 0 Å². The molecule has 6 heteroatoms. The van der Waals surface area contributed by atoms with E-state index < -0.39 is 40.7 Å². The fourth-order valence-electron chi connectivity index (χ4n) is 11.3. The second kappa shape index (κ2) is 5.40. The van der Waals surface area contributed by atoms with E-state index in [1.54, 1.807) is 24.3 Å². The molecule has 6 aliphatic carbocycles. The molecular formula is C27H31NO5. The van der Waals surface area contributed by atoms with Crippen LogP contribution in [0.15, 0.2) is 42.5 Å². The van der Waals surface area contributed by atoms with Gasteiger partial charge in [0.05, 0.1) is 28.8 Å². The highest BCUT2D eigenvalue weighted by Crippen LogP contribution is 2.88. The van der Waals surface area contributed by atoms with Crippen LogP contribution in [0.5, 0.6) is 0 Å². The lowest BCUT2D eigenvalue weighted by Gasteiger charge is -2.69. The number of esters is 1. The van der Waals surface area contributed by atoms with Crippen molar-refractivity contribution in [2.45, 2.75) is 68.6 Å². The van der Waals surface area contributed by atoms with Crippen LogP contribution in [0, 0.1) is 34.0 Å². The van der Waals surface area contributed by atoms with Crippen molar-refractivity contribution < 1.29 is 24.9 Å². The van der Waals surface area contributed by atoms with Crippen LogP contribution in [-0.2, 0) is 4.74 Å². The van der Waals surface area contributed by atoms with Gasteiger partial charge in [-0.15, -0.1) is 0 Å². The van der Waals surface area contributed by atoms with Crippen molar-refractivity contribution in [3.63, 3.8) is 0 Å². The Hall–Kier alpha value is -1.73. The molecule has 3 aliphatic heterocycles. The van der Waals surface area contributed by atoms with Crippen LogP contribution in [-0.4, -0.2) is 68.7 Å². The van der Waals surface area contributed by atoms with Crippen molar-refractivity contribution in [3.8, 4) is 0 Å². The van der Waals surface area contributed by atoms with Crippen molar-refractivity contribution in [1.29, 1.82) is 0 Å². The molecule has 9 fully saturated rings. The van der Waals surface area contributed by atoms with Gasteiger partial charge >= 0.3 is 5.97 Å². The Morgan fingerprint density at radius 3 is 2.70 bits per heavy atom. The number of ether oxygens (including phenoxy) is 1. The number of aliphatic hydroxyl groups is 3. The van der Waals surface area contributed by atoms with Crippen LogP contribution in [0.4, 0.5) is 0 Å². The molecule has 3 N–H and O–H groups in total. The predicted octanol–water partition coefficient (Wildman–Crippen LogP) is 1.74. The second-order valence-electron chi connectivity index (χ2n) is 12.5. The molecule has 1 aromatic carbocycles. The third kappa shape index (κ3) is 1.67. The van der Waals surface area contributed by atoms with Gasteiger partial charge in [0.1, 0.15) is 6.10 Å². The predicted molar refractivity (Wildman–Crippen MR) is 118 cm³/mol. The van der Waals surface area contributed by atoms with E-state index in [9.17, 15) is 20.1 Å². The van der Waals surface area contributed by atoms with Gasteiger partial charge in [0.15, 0.2) is 0 Å². The highest BCUT2D eigenvalue weighted by atomic mass is 16.6. The van der Waals surface area contributed by atoms with Crippen LogP contribution in [0.2, 0.25) is 0 Å². The molecule has 6 nitrogen and oxygen atoms in total. The molecule has 33 heavy (non-hydrogen) atoms. The third-order valence-corrected chi connectivity index (χ3v) is 11.7. The van der Waals surface area contributed by atoms with Crippen LogP contribution < -0.4 is 0 Å². The number of benzene rings is 1. The molecule has 2 spiro atoms. The first-order valence-electron chi connectivity index (χ1n) is 12.5. The molecule has 13 unspecified atom stereocenters. The minimum atomic E-state index is -1.18. The molecule has 3 saturated heterocycles. The van der Waals surface area contributed by atoms with Gasteiger partial charge in [0, 0.05) is 24.0 Å². The van der Waals surface area contributed by atoms with E-state index in [1.807, 2.05) is 6.07 Å². The fraction of sp³-hybridized carbons (Fsp3) is 0.667. The number of nitrogens with zero attached hydrogens (tertiary/aromatic N) is 1. The molecule has 10 rings (SSSR count). The number of carbonyl (C=O) groups excluding carboxylic acids is 1. The van der Waals surface area contributed by atoms with Crippen molar-refractivity contribution >= 4 is 5.97 Å². The first kappa shape index (κ1) is 19.6. The summed E-state index contributed by atoms with van der Waals surface area (Å²) >= 11 is 0. The van der Waals surface area contributed by atoms with Gasteiger partial charge in [-0.05, 0) is 66.6 Å². The molecule has 174 valence electrons. The number of hydrogen-bond donors (Lipinski definition) is 3. The van der Waals surface area contributed by atoms with Crippen molar-refractivity contribution in [1.82, 2.24) is 4.90 Å². The maximum atomic E-state index is 13.3. The summed E-state index contributed by atoms with van der Waals surface area (Å²) < 4.78 is 6.25. The molecular weight excluding hydrogens is 418 g/mol. The molecule has 1 aromatic rings. The first-order valence-corrected chi connectivity index (χ1v) is 12.5. The largest absolute Gasteiger partial charge is 0.455 e. The number of rotatable bonds is 2. The van der Waals surface area contributed by atoms with E-state index in [2.05, 4.69) is 18.4 Å². The van der Waals surface area contributed by atoms with E-state index in [0.717, 1.165) is 25.0 Å². The highest BCUT2D eigenvalue weighted by molar-refractivity contribution is 5.89. The topological polar surface area (TPSA) is 90.2 Å². The summed E-state index contributed by atoms with van der Waals surface area (Å²) in [4.78, 5) is 15.9. The summed E-state index contributed by atoms with van der Waals surface area (Å²) in [7, 11) is 0. The lowest BCUT2D eigenvalue weighted by atomic mass is 9.37. The number of hydrogen-bond acceptors (Lipinski definition) is 6. The zero-order chi connectivity index (χ0) is 22.7. The minimum Gasteiger partial charge on any atom is -0.455 e. The number of aliphatic hydroxyl groups excluding tert-OH is 2. The van der Waals surface area contributed by atoms with E-state index in [0.29, 0.717) is 18.4 Å². The lowest BCUT2D eigenvalue weighted by molar-refractivity contribution is -0.302. The molecule has 6 saturated carbocycles. The smallest absolute Gasteiger partial charge is 0.338 e. The first-order chi connectivity index (χ1) is 15.7. The Morgan fingerprint density at radius 2 is 1.94 bits per heavy atom. The molecule has 0 amide bonds. The molecule has 13 atom stereocenters. The van der Waals surface area contributed by atoms with Gasteiger partial charge in [-0.2, -0.15) is 0 Å². The zero-order valence-corrected chi connectivity index (χ0v) is 18.9. The van der Waals surface area contributed by atoms with E-state index >= 15 is 0 Å². The van der Waals surface area contributed by atoms with Gasteiger partial charge < -0.3 is 20.1 Å². The minimum absolute atomic E-state index is 0.0237. The van der Waals surface area contributed by atoms with E-state index in [4.69, 9.17) is 4.74 Å². The quantitative estimate of drug-likeness (QED) is 0.471. The summed E-state index contributed by atoms with van der Waals surface area (Å²) in [5, 5.41) is 36.0. The normalized spacial score (nSPS) is 60.5. The monoisotopic (exact) mass is 449 g/mol. The van der Waals surface area contributed by atoms with Crippen molar-refractivity contribution in [2.24, 2.45) is 34.0 Å². The highest BCUT2D eigenvalue weighted by Gasteiger charge is 2.96.